The van der Waals surface area contributed by atoms with Crippen LogP contribution in [0.15, 0.2) is 70.9 Å². The van der Waals surface area contributed by atoms with E-state index in [9.17, 15) is 9.90 Å². The number of rotatable bonds is 12. The van der Waals surface area contributed by atoms with E-state index in [4.69, 9.17) is 0 Å². The van der Waals surface area contributed by atoms with Crippen LogP contribution in [0.2, 0.25) is 0 Å². The Hall–Kier alpha value is -2.55. The maximum Gasteiger partial charge on any atom is 0.335 e. The van der Waals surface area contributed by atoms with E-state index >= 15 is 0 Å². The first-order valence-corrected chi connectivity index (χ1v) is 10.8. The van der Waals surface area contributed by atoms with Gasteiger partial charge in [-0.3, -0.25) is 0 Å². The van der Waals surface area contributed by atoms with E-state index in [0.717, 1.165) is 44.5 Å². The minimum Gasteiger partial charge on any atom is -0.478 e. The van der Waals surface area contributed by atoms with Crippen LogP contribution in [-0.4, -0.2) is 24.2 Å². The van der Waals surface area contributed by atoms with Crippen LogP contribution in [0.1, 0.15) is 77.6 Å². The maximum absolute atomic E-state index is 11.4. The molecule has 0 saturated heterocycles. The standard InChI is InChI=1S/C27H39NO2/c1-21(2)10-7-12-23(5)16-18-28(19-17-24(6)13-8-11-22(3)4)26-15-9-14-25(20-26)27(29)30/h9-11,14-17,20H,7-8,12-13,18-19H2,1-6H3,(H,29,30)/b23-16+,24-17+. The monoisotopic (exact) mass is 409 g/mol. The molecule has 0 saturated carbocycles. The Morgan fingerprint density at radius 3 is 1.77 bits per heavy atom. The number of carbonyl (C=O) groups is 1. The van der Waals surface area contributed by atoms with Gasteiger partial charge in [-0.15, -0.1) is 0 Å². The van der Waals surface area contributed by atoms with Gasteiger partial charge in [-0.2, -0.15) is 0 Å². The first-order chi connectivity index (χ1) is 14.2. The van der Waals surface area contributed by atoms with Crippen molar-refractivity contribution >= 4 is 11.7 Å². The number of aromatic carboxylic acids is 1. The average Bonchev–Trinajstić information content (AvgIpc) is 2.67. The lowest BCUT2D eigenvalue weighted by Crippen LogP contribution is -2.24. The molecular weight excluding hydrogens is 370 g/mol. The molecule has 0 fully saturated rings. The summed E-state index contributed by atoms with van der Waals surface area (Å²) >= 11 is 0. The van der Waals surface area contributed by atoms with Crippen molar-refractivity contribution in [2.24, 2.45) is 0 Å². The van der Waals surface area contributed by atoms with Gasteiger partial charge in [0.15, 0.2) is 0 Å². The van der Waals surface area contributed by atoms with E-state index in [2.05, 4.69) is 70.7 Å². The second kappa shape index (κ2) is 13.6. The molecule has 164 valence electrons. The van der Waals surface area contributed by atoms with Crippen molar-refractivity contribution in [2.75, 3.05) is 18.0 Å². The molecule has 0 amide bonds. The molecule has 0 radical (unpaired) electrons. The normalized spacial score (nSPS) is 11.8. The highest BCUT2D eigenvalue weighted by atomic mass is 16.4. The van der Waals surface area contributed by atoms with Crippen LogP contribution in [-0.2, 0) is 0 Å². The summed E-state index contributed by atoms with van der Waals surface area (Å²) in [4.78, 5) is 13.6. The van der Waals surface area contributed by atoms with Crippen molar-refractivity contribution in [3.05, 3.63) is 76.4 Å². The molecule has 0 aliphatic carbocycles. The zero-order chi connectivity index (χ0) is 22.5. The van der Waals surface area contributed by atoms with E-state index in [-0.39, 0.29) is 0 Å². The quantitative estimate of drug-likeness (QED) is 0.362. The summed E-state index contributed by atoms with van der Waals surface area (Å²) in [5, 5.41) is 9.36. The minimum absolute atomic E-state index is 0.325. The van der Waals surface area contributed by atoms with Crippen molar-refractivity contribution in [1.82, 2.24) is 0 Å². The van der Waals surface area contributed by atoms with E-state index in [1.807, 2.05) is 12.1 Å². The van der Waals surface area contributed by atoms with Crippen molar-refractivity contribution in [1.29, 1.82) is 0 Å². The summed E-state index contributed by atoms with van der Waals surface area (Å²) in [5.41, 5.74) is 6.68. The zero-order valence-electron chi connectivity index (χ0n) is 19.7. The van der Waals surface area contributed by atoms with E-state index < -0.39 is 5.97 Å². The third-order valence-corrected chi connectivity index (χ3v) is 4.96. The van der Waals surface area contributed by atoms with E-state index in [1.165, 1.54) is 22.3 Å². The van der Waals surface area contributed by atoms with Crippen LogP contribution in [0.3, 0.4) is 0 Å². The first kappa shape index (κ1) is 25.5. The lowest BCUT2D eigenvalue weighted by atomic mass is 10.1. The minimum atomic E-state index is -0.890. The van der Waals surface area contributed by atoms with Crippen LogP contribution < -0.4 is 4.90 Å². The number of carboxylic acid groups (broad SMARTS) is 1. The molecule has 0 aliphatic rings. The number of allylic oxidation sites excluding steroid dienone is 6. The van der Waals surface area contributed by atoms with Gasteiger partial charge in [0.1, 0.15) is 0 Å². The van der Waals surface area contributed by atoms with Gasteiger partial charge in [0, 0.05) is 18.8 Å². The van der Waals surface area contributed by atoms with E-state index in [1.54, 1.807) is 12.1 Å². The molecule has 0 bridgehead atoms. The largest absolute Gasteiger partial charge is 0.478 e. The van der Waals surface area contributed by atoms with Gasteiger partial charge < -0.3 is 10.0 Å². The molecule has 1 rings (SSSR count). The van der Waals surface area contributed by atoms with Crippen molar-refractivity contribution in [3.8, 4) is 0 Å². The second-order valence-corrected chi connectivity index (χ2v) is 8.50. The molecule has 0 atom stereocenters. The summed E-state index contributed by atoms with van der Waals surface area (Å²) in [6.07, 6.45) is 13.3. The highest BCUT2D eigenvalue weighted by molar-refractivity contribution is 5.88. The van der Waals surface area contributed by atoms with Gasteiger partial charge >= 0.3 is 5.97 Å². The first-order valence-electron chi connectivity index (χ1n) is 10.8. The third-order valence-electron chi connectivity index (χ3n) is 4.96. The molecule has 0 spiro atoms. The molecule has 1 aromatic carbocycles. The van der Waals surface area contributed by atoms with Crippen molar-refractivity contribution in [2.45, 2.75) is 67.2 Å². The van der Waals surface area contributed by atoms with Gasteiger partial charge in [0.2, 0.25) is 0 Å². The topological polar surface area (TPSA) is 40.5 Å². The van der Waals surface area contributed by atoms with Crippen molar-refractivity contribution < 1.29 is 9.90 Å². The molecular formula is C27H39NO2. The Balaban J connectivity index is 2.93. The predicted octanol–water partition coefficient (Wildman–Crippen LogP) is 7.58. The number of hydrogen-bond donors (Lipinski definition) is 1. The zero-order valence-corrected chi connectivity index (χ0v) is 19.7. The molecule has 30 heavy (non-hydrogen) atoms. The molecule has 3 heteroatoms. The Kier molecular flexibility index (Phi) is 11.6. The molecule has 3 nitrogen and oxygen atoms in total. The molecule has 0 unspecified atom stereocenters. The molecule has 1 aromatic rings. The average molecular weight is 410 g/mol. The lowest BCUT2D eigenvalue weighted by molar-refractivity contribution is 0.0697. The second-order valence-electron chi connectivity index (χ2n) is 8.50. The fourth-order valence-electron chi connectivity index (χ4n) is 3.03. The van der Waals surface area contributed by atoms with Crippen LogP contribution >= 0.6 is 0 Å². The van der Waals surface area contributed by atoms with Gasteiger partial charge in [-0.25, -0.2) is 4.79 Å². The number of benzene rings is 1. The number of carboxylic acids is 1. The van der Waals surface area contributed by atoms with Gasteiger partial charge in [0.05, 0.1) is 5.56 Å². The lowest BCUT2D eigenvalue weighted by Gasteiger charge is -2.23. The van der Waals surface area contributed by atoms with Gasteiger partial charge in [-0.1, -0.05) is 52.7 Å². The van der Waals surface area contributed by atoms with Crippen LogP contribution in [0.5, 0.6) is 0 Å². The third kappa shape index (κ3) is 10.8. The summed E-state index contributed by atoms with van der Waals surface area (Å²) in [7, 11) is 0. The van der Waals surface area contributed by atoms with Gasteiger partial charge in [-0.05, 0) is 85.4 Å². The smallest absolute Gasteiger partial charge is 0.335 e. The van der Waals surface area contributed by atoms with Gasteiger partial charge in [0.25, 0.3) is 0 Å². The Morgan fingerprint density at radius 1 is 0.833 bits per heavy atom. The molecule has 0 aliphatic heterocycles. The number of anilines is 1. The SMILES string of the molecule is CC(C)=CCC/C(C)=C/CN(C/C=C(\C)CCC=C(C)C)c1cccc(C(=O)O)c1. The van der Waals surface area contributed by atoms with E-state index in [0.29, 0.717) is 5.56 Å². The fourth-order valence-corrected chi connectivity index (χ4v) is 3.03. The Bertz CT molecular complexity index is 764. The highest BCUT2D eigenvalue weighted by Gasteiger charge is 2.08. The van der Waals surface area contributed by atoms with Crippen LogP contribution in [0.4, 0.5) is 5.69 Å². The Labute approximate surface area is 183 Å². The van der Waals surface area contributed by atoms with Crippen LogP contribution in [0.25, 0.3) is 0 Å². The maximum atomic E-state index is 11.4. The Morgan fingerprint density at radius 2 is 1.33 bits per heavy atom. The molecule has 0 heterocycles. The summed E-state index contributed by atoms with van der Waals surface area (Å²) < 4.78 is 0. The van der Waals surface area contributed by atoms with Crippen molar-refractivity contribution in [3.63, 3.8) is 0 Å². The molecule has 0 aromatic heterocycles. The predicted molar refractivity (Wildman–Crippen MR) is 130 cm³/mol. The molecule has 1 N–H and O–H groups in total. The van der Waals surface area contributed by atoms with Crippen LogP contribution in [0, 0.1) is 0 Å². The fraction of sp³-hybridized carbons (Fsp3) is 0.444. The summed E-state index contributed by atoms with van der Waals surface area (Å²) in [6, 6.07) is 7.22. The number of nitrogens with zero attached hydrogens (tertiary/aromatic N) is 1. The summed E-state index contributed by atoms with van der Waals surface area (Å²) in [5.74, 6) is -0.890. The summed E-state index contributed by atoms with van der Waals surface area (Å²) in [6.45, 7) is 14.4. The number of hydrogen-bond acceptors (Lipinski definition) is 2. The highest BCUT2D eigenvalue weighted by Crippen LogP contribution is 2.18.